The second-order valence-corrected chi connectivity index (χ2v) is 5.22. The Morgan fingerprint density at radius 2 is 1.61 bits per heavy atom. The van der Waals surface area contributed by atoms with E-state index in [2.05, 4.69) is 6.07 Å². The highest BCUT2D eigenvalue weighted by Crippen LogP contribution is 2.31. The second-order valence-electron chi connectivity index (χ2n) is 5.22. The van der Waals surface area contributed by atoms with Crippen molar-refractivity contribution in [1.82, 2.24) is 9.80 Å². The first-order valence-electron chi connectivity index (χ1n) is 6.75. The third-order valence-corrected chi connectivity index (χ3v) is 3.21. The van der Waals surface area contributed by atoms with Gasteiger partial charge in [0.2, 0.25) is 5.91 Å². The summed E-state index contributed by atoms with van der Waals surface area (Å²) in [5.41, 5.74) is -0.815. The van der Waals surface area contributed by atoms with Crippen molar-refractivity contribution < 1.29 is 4.79 Å². The highest BCUT2D eigenvalue weighted by Gasteiger charge is 2.38. The van der Waals surface area contributed by atoms with Gasteiger partial charge in [0.25, 0.3) is 0 Å². The fourth-order valence-electron chi connectivity index (χ4n) is 2.17. The van der Waals surface area contributed by atoms with Crippen LogP contribution in [0.4, 0.5) is 0 Å². The van der Waals surface area contributed by atoms with Gasteiger partial charge in [0, 0.05) is 20.1 Å². The Labute approximate surface area is 112 Å². The molecule has 0 bridgehead atoms. The first kappa shape index (κ1) is 16.9. The molecule has 0 rings (SSSR count). The van der Waals surface area contributed by atoms with Gasteiger partial charge in [0.1, 0.15) is 5.41 Å². The number of carbonyl (C=O) groups excluding carboxylic acids is 1. The second kappa shape index (κ2) is 8.10. The molecule has 0 spiro atoms. The van der Waals surface area contributed by atoms with Crippen LogP contribution < -0.4 is 0 Å². The predicted molar refractivity (Wildman–Crippen MR) is 74.1 cm³/mol. The third-order valence-electron chi connectivity index (χ3n) is 3.21. The highest BCUT2D eigenvalue weighted by molar-refractivity contribution is 5.85. The number of nitriles is 1. The molecule has 104 valence electrons. The van der Waals surface area contributed by atoms with Crippen molar-refractivity contribution in [2.75, 3.05) is 34.2 Å². The van der Waals surface area contributed by atoms with Crippen molar-refractivity contribution in [3.05, 3.63) is 0 Å². The summed E-state index contributed by atoms with van der Waals surface area (Å²) in [7, 11) is 5.76. The Morgan fingerprint density at radius 3 is 1.94 bits per heavy atom. The maximum Gasteiger partial charge on any atom is 0.242 e. The van der Waals surface area contributed by atoms with Gasteiger partial charge in [-0.15, -0.1) is 0 Å². The van der Waals surface area contributed by atoms with E-state index >= 15 is 0 Å². The lowest BCUT2D eigenvalue weighted by Crippen LogP contribution is -2.43. The van der Waals surface area contributed by atoms with Gasteiger partial charge >= 0.3 is 0 Å². The smallest absolute Gasteiger partial charge is 0.242 e. The number of nitrogens with zero attached hydrogens (tertiary/aromatic N) is 3. The van der Waals surface area contributed by atoms with Gasteiger partial charge in [-0.3, -0.25) is 4.79 Å². The molecule has 0 aromatic rings. The molecule has 1 amide bonds. The quantitative estimate of drug-likeness (QED) is 0.665. The van der Waals surface area contributed by atoms with Crippen molar-refractivity contribution in [3.63, 3.8) is 0 Å². The summed E-state index contributed by atoms with van der Waals surface area (Å²) >= 11 is 0. The lowest BCUT2D eigenvalue weighted by Gasteiger charge is -2.30. The van der Waals surface area contributed by atoms with Gasteiger partial charge < -0.3 is 9.80 Å². The molecule has 18 heavy (non-hydrogen) atoms. The maximum absolute atomic E-state index is 12.5. The molecule has 0 aromatic heterocycles. The third kappa shape index (κ3) is 4.66. The van der Waals surface area contributed by atoms with Gasteiger partial charge in [0.05, 0.1) is 6.07 Å². The van der Waals surface area contributed by atoms with E-state index in [1.165, 1.54) is 0 Å². The fraction of sp³-hybridized carbons (Fsp3) is 0.857. The van der Waals surface area contributed by atoms with Crippen molar-refractivity contribution in [1.29, 1.82) is 5.26 Å². The molecule has 0 aromatic carbocycles. The Hall–Kier alpha value is -1.08. The van der Waals surface area contributed by atoms with Crippen molar-refractivity contribution >= 4 is 5.91 Å². The van der Waals surface area contributed by atoms with Crippen LogP contribution in [0, 0.1) is 16.7 Å². The zero-order valence-corrected chi connectivity index (χ0v) is 12.5. The van der Waals surface area contributed by atoms with E-state index in [-0.39, 0.29) is 5.91 Å². The summed E-state index contributed by atoms with van der Waals surface area (Å²) in [6.07, 6.45) is 3.03. The summed E-state index contributed by atoms with van der Waals surface area (Å²) in [5, 5.41) is 9.43. The summed E-state index contributed by atoms with van der Waals surface area (Å²) < 4.78 is 0. The van der Waals surface area contributed by atoms with Crippen molar-refractivity contribution in [3.8, 4) is 6.07 Å². The lowest BCUT2D eigenvalue weighted by atomic mass is 9.79. The van der Waals surface area contributed by atoms with Crippen LogP contribution in [0.3, 0.4) is 0 Å². The number of likely N-dealkylation sites (N-methyl/N-ethyl adjacent to an activating group) is 2. The van der Waals surface area contributed by atoms with Gasteiger partial charge in [-0.25, -0.2) is 0 Å². The monoisotopic (exact) mass is 253 g/mol. The SMILES string of the molecule is CCCC(C#N)(CCC)C(=O)N(C)CCN(C)C. The highest BCUT2D eigenvalue weighted by atomic mass is 16.2. The Morgan fingerprint density at radius 1 is 1.11 bits per heavy atom. The number of amides is 1. The summed E-state index contributed by atoms with van der Waals surface area (Å²) in [4.78, 5) is 16.2. The number of hydrogen-bond acceptors (Lipinski definition) is 3. The first-order valence-corrected chi connectivity index (χ1v) is 6.75. The van der Waals surface area contributed by atoms with Crippen LogP contribution in [0.2, 0.25) is 0 Å². The Balaban J connectivity index is 4.79. The van der Waals surface area contributed by atoms with Crippen LogP contribution in [0.15, 0.2) is 0 Å². The normalized spacial score (nSPS) is 11.4. The van der Waals surface area contributed by atoms with E-state index in [1.807, 2.05) is 32.8 Å². The van der Waals surface area contributed by atoms with Gasteiger partial charge in [0.15, 0.2) is 0 Å². The molecule has 0 aliphatic rings. The van der Waals surface area contributed by atoms with E-state index in [0.717, 1.165) is 19.4 Å². The molecule has 4 nitrogen and oxygen atoms in total. The van der Waals surface area contributed by atoms with Gasteiger partial charge in [-0.2, -0.15) is 5.26 Å². The summed E-state index contributed by atoms with van der Waals surface area (Å²) in [6, 6.07) is 2.28. The van der Waals surface area contributed by atoms with E-state index in [1.54, 1.807) is 11.9 Å². The molecule has 0 saturated carbocycles. The molecule has 0 saturated heterocycles. The average Bonchev–Trinajstić information content (AvgIpc) is 2.34. The van der Waals surface area contributed by atoms with Crippen LogP contribution in [0.1, 0.15) is 39.5 Å². The van der Waals surface area contributed by atoms with E-state index in [4.69, 9.17) is 0 Å². The lowest BCUT2D eigenvalue weighted by molar-refractivity contribution is -0.138. The van der Waals surface area contributed by atoms with Crippen molar-refractivity contribution in [2.45, 2.75) is 39.5 Å². The van der Waals surface area contributed by atoms with Crippen LogP contribution in [-0.4, -0.2) is 49.9 Å². The molecule has 4 heteroatoms. The van der Waals surface area contributed by atoms with Gasteiger partial charge in [-0.05, 0) is 26.9 Å². The topological polar surface area (TPSA) is 47.3 Å². The first-order chi connectivity index (χ1) is 8.43. The van der Waals surface area contributed by atoms with Gasteiger partial charge in [-0.1, -0.05) is 26.7 Å². The van der Waals surface area contributed by atoms with Crippen molar-refractivity contribution in [2.24, 2.45) is 5.41 Å². The van der Waals surface area contributed by atoms with Crippen LogP contribution >= 0.6 is 0 Å². The standard InChI is InChI=1S/C14H27N3O/c1-6-8-14(12-15,9-7-2)13(18)17(5)11-10-16(3)4/h6-11H2,1-5H3. The molecular weight excluding hydrogens is 226 g/mol. The minimum Gasteiger partial charge on any atom is -0.343 e. The zero-order valence-electron chi connectivity index (χ0n) is 12.5. The molecule has 0 aliphatic carbocycles. The largest absolute Gasteiger partial charge is 0.343 e. The average molecular weight is 253 g/mol. The maximum atomic E-state index is 12.5. The minimum absolute atomic E-state index is 0.0180. The van der Waals surface area contributed by atoms with E-state index < -0.39 is 5.41 Å². The molecule has 0 radical (unpaired) electrons. The zero-order chi connectivity index (χ0) is 14.2. The van der Waals surface area contributed by atoms with Crippen LogP contribution in [0.25, 0.3) is 0 Å². The summed E-state index contributed by atoms with van der Waals surface area (Å²) in [5.74, 6) is -0.0180. The molecule has 0 fully saturated rings. The molecule has 0 N–H and O–H groups in total. The van der Waals surface area contributed by atoms with Crippen LogP contribution in [-0.2, 0) is 4.79 Å². The van der Waals surface area contributed by atoms with Crippen LogP contribution in [0.5, 0.6) is 0 Å². The Bertz CT molecular complexity index is 288. The molecule has 0 aliphatic heterocycles. The Kier molecular flexibility index (Phi) is 7.61. The molecular formula is C14H27N3O. The number of carbonyl (C=O) groups is 1. The molecule has 0 atom stereocenters. The molecule has 0 heterocycles. The van der Waals surface area contributed by atoms with E-state index in [0.29, 0.717) is 19.4 Å². The number of rotatable bonds is 8. The number of hydrogen-bond donors (Lipinski definition) is 0. The fourth-order valence-corrected chi connectivity index (χ4v) is 2.17. The minimum atomic E-state index is -0.815. The van der Waals surface area contributed by atoms with E-state index in [9.17, 15) is 10.1 Å². The summed E-state index contributed by atoms with van der Waals surface area (Å²) in [6.45, 7) is 5.54. The molecule has 0 unspecified atom stereocenters. The predicted octanol–water partition coefficient (Wildman–Crippen LogP) is 2.12.